The Morgan fingerprint density at radius 1 is 1.10 bits per heavy atom. The van der Waals surface area contributed by atoms with E-state index in [-0.39, 0.29) is 26.5 Å². The van der Waals surface area contributed by atoms with E-state index in [1.165, 1.54) is 23.5 Å². The van der Waals surface area contributed by atoms with Gasteiger partial charge in [-0.2, -0.15) is 0 Å². The van der Waals surface area contributed by atoms with Gasteiger partial charge in [0, 0.05) is 6.04 Å². The second-order valence-corrected chi connectivity index (χ2v) is 10.4. The topological polar surface area (TPSA) is 88.2 Å². The molecule has 0 fully saturated rings. The van der Waals surface area contributed by atoms with Crippen molar-refractivity contribution in [3.63, 3.8) is 0 Å². The van der Waals surface area contributed by atoms with Crippen LogP contribution in [0.3, 0.4) is 0 Å². The summed E-state index contributed by atoms with van der Waals surface area (Å²) in [6, 6.07) is 6.07. The van der Waals surface area contributed by atoms with Crippen molar-refractivity contribution in [2.75, 3.05) is 5.32 Å². The Kier molecular flexibility index (Phi) is 6.21. The van der Waals surface area contributed by atoms with Crippen LogP contribution in [0.2, 0.25) is 10.0 Å². The number of carbonyl (C=O) groups excluding carboxylic acids is 1. The predicted octanol–water partition coefficient (Wildman–Crippen LogP) is 5.16. The van der Waals surface area contributed by atoms with Crippen molar-refractivity contribution in [2.24, 2.45) is 0 Å². The maximum absolute atomic E-state index is 12.8. The van der Waals surface area contributed by atoms with E-state index in [0.717, 1.165) is 21.3 Å². The molecule has 29 heavy (non-hydrogen) atoms. The van der Waals surface area contributed by atoms with Crippen molar-refractivity contribution in [3.05, 3.63) is 51.0 Å². The number of rotatable bonds is 5. The summed E-state index contributed by atoms with van der Waals surface area (Å²) in [4.78, 5) is 17.0. The molecule has 0 aliphatic carbocycles. The van der Waals surface area contributed by atoms with Crippen LogP contribution in [0.15, 0.2) is 29.2 Å². The van der Waals surface area contributed by atoms with Crippen LogP contribution >= 0.6 is 34.5 Å². The minimum atomic E-state index is -3.90. The lowest BCUT2D eigenvalue weighted by molar-refractivity contribution is 0.102. The van der Waals surface area contributed by atoms with E-state index in [9.17, 15) is 13.2 Å². The molecule has 0 radical (unpaired) electrons. The average molecular weight is 472 g/mol. The van der Waals surface area contributed by atoms with Gasteiger partial charge in [0.25, 0.3) is 5.91 Å². The second-order valence-electron chi connectivity index (χ2n) is 6.94. The highest BCUT2D eigenvalue weighted by molar-refractivity contribution is 7.89. The molecule has 6 nitrogen and oxygen atoms in total. The molecular formula is C19H19Cl2N3O3S2. The maximum Gasteiger partial charge on any atom is 0.259 e. The first-order valence-corrected chi connectivity index (χ1v) is 11.7. The van der Waals surface area contributed by atoms with Crippen molar-refractivity contribution < 1.29 is 13.2 Å². The number of sulfonamides is 1. The number of nitrogens with one attached hydrogen (secondary N) is 2. The van der Waals surface area contributed by atoms with E-state index >= 15 is 0 Å². The van der Waals surface area contributed by atoms with Crippen LogP contribution < -0.4 is 10.0 Å². The van der Waals surface area contributed by atoms with Crippen LogP contribution in [0.4, 0.5) is 5.13 Å². The normalized spacial score (nSPS) is 12.0. The summed E-state index contributed by atoms with van der Waals surface area (Å²) in [6.07, 6.45) is 0. The smallest absolute Gasteiger partial charge is 0.259 e. The highest BCUT2D eigenvalue weighted by Crippen LogP contribution is 2.32. The first kappa shape index (κ1) is 22.0. The first-order chi connectivity index (χ1) is 13.5. The zero-order valence-electron chi connectivity index (χ0n) is 16.1. The van der Waals surface area contributed by atoms with Gasteiger partial charge in [0.05, 0.1) is 25.8 Å². The summed E-state index contributed by atoms with van der Waals surface area (Å²) in [5.41, 5.74) is 2.92. The van der Waals surface area contributed by atoms with Crippen LogP contribution in [0.1, 0.15) is 35.3 Å². The molecule has 0 saturated carbocycles. The Balaban J connectivity index is 1.97. The largest absolute Gasteiger partial charge is 0.298 e. The highest BCUT2D eigenvalue weighted by Gasteiger charge is 2.24. The van der Waals surface area contributed by atoms with Gasteiger partial charge in [0.2, 0.25) is 10.0 Å². The van der Waals surface area contributed by atoms with Crippen LogP contribution in [0, 0.1) is 13.8 Å². The van der Waals surface area contributed by atoms with E-state index in [1.54, 1.807) is 13.8 Å². The van der Waals surface area contributed by atoms with Crippen LogP contribution in [-0.2, 0) is 10.0 Å². The SMILES string of the molecule is Cc1cc(C)c2sc(NC(=O)c3cc(S(=O)(=O)NC(C)C)c(Cl)cc3Cl)nc2c1. The molecule has 3 aromatic rings. The van der Waals surface area contributed by atoms with Gasteiger partial charge in [0.15, 0.2) is 5.13 Å². The Hall–Kier alpha value is -1.71. The lowest BCUT2D eigenvalue weighted by Gasteiger charge is -2.13. The molecule has 0 saturated heterocycles. The van der Waals surface area contributed by atoms with Crippen molar-refractivity contribution >= 4 is 65.8 Å². The fourth-order valence-corrected chi connectivity index (χ4v) is 5.90. The standard InChI is InChI=1S/C19H19Cl2N3O3S2/c1-9(2)24-29(26,27)16-7-12(13(20)8-14(16)21)18(25)23-19-22-15-6-10(3)5-11(4)17(15)28-19/h5-9,24H,1-4H3,(H,22,23,25). The van der Waals surface area contributed by atoms with Crippen LogP contribution in [0.25, 0.3) is 10.2 Å². The zero-order chi connectivity index (χ0) is 21.5. The maximum atomic E-state index is 12.8. The first-order valence-electron chi connectivity index (χ1n) is 8.68. The number of thiazole rings is 1. The van der Waals surface area contributed by atoms with E-state index < -0.39 is 15.9 Å². The lowest BCUT2D eigenvalue weighted by Crippen LogP contribution is -2.30. The lowest BCUT2D eigenvalue weighted by atomic mass is 10.1. The molecule has 154 valence electrons. The van der Waals surface area contributed by atoms with Crippen LogP contribution in [0.5, 0.6) is 0 Å². The number of benzene rings is 2. The van der Waals surface area contributed by atoms with Gasteiger partial charge < -0.3 is 0 Å². The third kappa shape index (κ3) is 4.73. The van der Waals surface area contributed by atoms with Crippen molar-refractivity contribution in [3.8, 4) is 0 Å². The second kappa shape index (κ2) is 8.20. The number of halogens is 2. The van der Waals surface area contributed by atoms with Crippen LogP contribution in [-0.4, -0.2) is 25.4 Å². The Morgan fingerprint density at radius 3 is 2.45 bits per heavy atom. The van der Waals surface area contributed by atoms with Gasteiger partial charge >= 0.3 is 0 Å². The number of anilines is 1. The zero-order valence-corrected chi connectivity index (χ0v) is 19.3. The molecule has 0 atom stereocenters. The number of nitrogens with zero attached hydrogens (tertiary/aromatic N) is 1. The van der Waals surface area contributed by atoms with E-state index in [0.29, 0.717) is 5.13 Å². The molecule has 10 heteroatoms. The molecule has 0 aliphatic rings. The highest BCUT2D eigenvalue weighted by atomic mass is 35.5. The summed E-state index contributed by atoms with van der Waals surface area (Å²) < 4.78 is 28.4. The van der Waals surface area contributed by atoms with E-state index in [1.807, 2.05) is 26.0 Å². The van der Waals surface area contributed by atoms with Crippen molar-refractivity contribution in [1.82, 2.24) is 9.71 Å². The molecule has 0 bridgehead atoms. The Morgan fingerprint density at radius 2 is 1.79 bits per heavy atom. The fourth-order valence-electron chi connectivity index (χ4n) is 2.88. The number of hydrogen-bond acceptors (Lipinski definition) is 5. The molecule has 1 amide bonds. The van der Waals surface area contributed by atoms with Crippen molar-refractivity contribution in [2.45, 2.75) is 38.6 Å². The van der Waals surface area contributed by atoms with Gasteiger partial charge in [0.1, 0.15) is 4.90 Å². The number of aryl methyl sites for hydroxylation is 2. The number of fused-ring (bicyclic) bond motifs is 1. The molecule has 1 aromatic heterocycles. The summed E-state index contributed by atoms with van der Waals surface area (Å²) in [5, 5.41) is 3.08. The Bertz CT molecular complexity index is 1220. The Labute approximate surface area is 183 Å². The molecule has 0 unspecified atom stereocenters. The van der Waals surface area contributed by atoms with Crippen molar-refractivity contribution in [1.29, 1.82) is 0 Å². The molecule has 3 rings (SSSR count). The number of hydrogen-bond donors (Lipinski definition) is 2. The predicted molar refractivity (Wildman–Crippen MR) is 119 cm³/mol. The molecular weight excluding hydrogens is 453 g/mol. The average Bonchev–Trinajstić information content (AvgIpc) is 2.95. The number of aromatic nitrogens is 1. The summed E-state index contributed by atoms with van der Waals surface area (Å²) >= 11 is 13.6. The van der Waals surface area contributed by atoms with Gasteiger partial charge in [-0.1, -0.05) is 40.6 Å². The third-order valence-electron chi connectivity index (χ3n) is 3.99. The van der Waals surface area contributed by atoms with Gasteiger partial charge in [-0.25, -0.2) is 18.1 Å². The molecule has 0 spiro atoms. The summed E-state index contributed by atoms with van der Waals surface area (Å²) in [5.74, 6) is -0.568. The van der Waals surface area contributed by atoms with Gasteiger partial charge in [-0.15, -0.1) is 0 Å². The number of carbonyl (C=O) groups is 1. The van der Waals surface area contributed by atoms with Gasteiger partial charge in [-0.3, -0.25) is 10.1 Å². The summed E-state index contributed by atoms with van der Waals surface area (Å²) in [7, 11) is -3.90. The monoisotopic (exact) mass is 471 g/mol. The van der Waals surface area contributed by atoms with E-state index in [4.69, 9.17) is 23.2 Å². The summed E-state index contributed by atoms with van der Waals surface area (Å²) in [6.45, 7) is 7.33. The molecule has 2 aromatic carbocycles. The molecule has 1 heterocycles. The third-order valence-corrected chi connectivity index (χ3v) is 7.55. The quantitative estimate of drug-likeness (QED) is 0.537. The van der Waals surface area contributed by atoms with Gasteiger partial charge in [-0.05, 0) is 57.0 Å². The fraction of sp³-hybridized carbons (Fsp3) is 0.263. The minimum absolute atomic E-state index is 0.00708. The number of amides is 1. The molecule has 0 aliphatic heterocycles. The van der Waals surface area contributed by atoms with E-state index in [2.05, 4.69) is 15.0 Å². The minimum Gasteiger partial charge on any atom is -0.298 e. The molecule has 2 N–H and O–H groups in total.